The van der Waals surface area contributed by atoms with Gasteiger partial charge >= 0.3 is 5.97 Å². The van der Waals surface area contributed by atoms with Crippen molar-refractivity contribution < 1.29 is 23.5 Å². The highest BCUT2D eigenvalue weighted by molar-refractivity contribution is 5.93. The molecule has 1 aromatic heterocycles. The first-order valence-electron chi connectivity index (χ1n) is 6.06. The molecule has 0 unspecified atom stereocenters. The molecule has 0 aliphatic rings. The van der Waals surface area contributed by atoms with Crippen LogP contribution in [0.3, 0.4) is 0 Å². The molecule has 2 rings (SSSR count). The molecular weight excluding hydrogens is 282 g/mol. The molecule has 5 nitrogen and oxygen atoms in total. The van der Waals surface area contributed by atoms with Crippen LogP contribution >= 0.6 is 0 Å². The Morgan fingerprint density at radius 3 is 2.67 bits per heavy atom. The van der Waals surface area contributed by atoms with E-state index in [1.807, 2.05) is 0 Å². The van der Waals surface area contributed by atoms with Gasteiger partial charge in [0.2, 0.25) is 0 Å². The van der Waals surface area contributed by atoms with Gasteiger partial charge in [0, 0.05) is 24.4 Å². The van der Waals surface area contributed by atoms with E-state index in [-0.39, 0.29) is 24.3 Å². The Morgan fingerprint density at radius 1 is 1.24 bits per heavy atom. The second kappa shape index (κ2) is 6.17. The number of hydrogen-bond acceptors (Lipinski definition) is 2. The summed E-state index contributed by atoms with van der Waals surface area (Å²) in [6.07, 6.45) is 1.46. The number of halogens is 2. The van der Waals surface area contributed by atoms with Gasteiger partial charge in [0.15, 0.2) is 0 Å². The third-order valence-electron chi connectivity index (χ3n) is 2.82. The smallest absolute Gasteiger partial charge is 0.323 e. The Bertz CT molecular complexity index is 683. The Labute approximate surface area is 118 Å². The van der Waals surface area contributed by atoms with Crippen LogP contribution in [0.4, 0.5) is 8.78 Å². The van der Waals surface area contributed by atoms with E-state index in [0.29, 0.717) is 0 Å². The van der Waals surface area contributed by atoms with Crippen LogP contribution < -0.4 is 5.32 Å². The van der Waals surface area contributed by atoms with Gasteiger partial charge in [0.1, 0.15) is 23.9 Å². The number of nitrogens with zero attached hydrogens (tertiary/aromatic N) is 1. The number of carboxylic acid groups (broad SMARTS) is 1. The number of aliphatic carboxylic acids is 1. The second-order valence-corrected chi connectivity index (χ2v) is 4.33. The SMILES string of the molecule is O=C(O)Cn1cccc1C(=O)NCc1ccc(F)cc1F. The number of carbonyl (C=O) groups excluding carboxylic acids is 1. The standard InChI is InChI=1S/C14H12F2N2O3/c15-10-4-3-9(11(16)6-10)7-17-14(21)12-2-1-5-18(12)8-13(19)20/h1-6H,7-8H2,(H,17,21)(H,19,20). The van der Waals surface area contributed by atoms with Gasteiger partial charge in [0.05, 0.1) is 0 Å². The van der Waals surface area contributed by atoms with Crippen molar-refractivity contribution in [2.75, 3.05) is 0 Å². The van der Waals surface area contributed by atoms with E-state index >= 15 is 0 Å². The normalized spacial score (nSPS) is 10.4. The topological polar surface area (TPSA) is 71.3 Å². The molecule has 1 aromatic carbocycles. The third kappa shape index (κ3) is 3.65. The molecule has 7 heteroatoms. The Kier molecular flexibility index (Phi) is 4.32. The minimum atomic E-state index is -1.08. The van der Waals surface area contributed by atoms with Gasteiger partial charge in [-0.05, 0) is 18.2 Å². The van der Waals surface area contributed by atoms with Crippen LogP contribution in [-0.4, -0.2) is 21.6 Å². The van der Waals surface area contributed by atoms with E-state index in [4.69, 9.17) is 5.11 Å². The number of hydrogen-bond donors (Lipinski definition) is 2. The third-order valence-corrected chi connectivity index (χ3v) is 2.82. The molecule has 0 saturated heterocycles. The summed E-state index contributed by atoms with van der Waals surface area (Å²) in [4.78, 5) is 22.6. The van der Waals surface area contributed by atoms with Gasteiger partial charge in [0.25, 0.3) is 5.91 Å². The molecule has 2 aromatic rings. The minimum absolute atomic E-state index is 0.122. The van der Waals surface area contributed by atoms with Gasteiger partial charge in [-0.1, -0.05) is 6.07 Å². The first kappa shape index (κ1) is 14.7. The lowest BCUT2D eigenvalue weighted by atomic mass is 10.2. The fourth-order valence-electron chi connectivity index (χ4n) is 1.83. The van der Waals surface area contributed by atoms with E-state index in [2.05, 4.69) is 5.32 Å². The molecule has 0 aliphatic carbocycles. The van der Waals surface area contributed by atoms with E-state index in [1.54, 1.807) is 0 Å². The molecule has 0 atom stereocenters. The molecule has 0 saturated carbocycles. The summed E-state index contributed by atoms with van der Waals surface area (Å²) < 4.78 is 27.4. The molecule has 0 fully saturated rings. The van der Waals surface area contributed by atoms with Crippen LogP contribution in [0.15, 0.2) is 36.5 Å². The summed E-state index contributed by atoms with van der Waals surface area (Å²) in [5.41, 5.74) is 0.293. The lowest BCUT2D eigenvalue weighted by molar-refractivity contribution is -0.137. The molecule has 110 valence electrons. The van der Waals surface area contributed by atoms with E-state index < -0.39 is 23.5 Å². The van der Waals surface area contributed by atoms with Crippen LogP contribution in [0.5, 0.6) is 0 Å². The van der Waals surface area contributed by atoms with Crippen molar-refractivity contribution in [3.63, 3.8) is 0 Å². The lowest BCUT2D eigenvalue weighted by Crippen LogP contribution is -2.26. The zero-order chi connectivity index (χ0) is 15.4. The molecule has 1 amide bonds. The summed E-state index contributed by atoms with van der Waals surface area (Å²) in [5.74, 6) is -3.07. The van der Waals surface area contributed by atoms with Crippen LogP contribution in [0.1, 0.15) is 16.1 Å². The number of benzene rings is 1. The summed E-state index contributed by atoms with van der Waals surface area (Å²) in [7, 11) is 0. The molecule has 2 N–H and O–H groups in total. The van der Waals surface area contributed by atoms with Crippen molar-refractivity contribution >= 4 is 11.9 Å². The maximum atomic E-state index is 13.4. The molecular formula is C14H12F2N2O3. The van der Waals surface area contributed by atoms with Crippen LogP contribution in [0, 0.1) is 11.6 Å². The summed E-state index contributed by atoms with van der Waals surface area (Å²) in [6, 6.07) is 6.06. The fourth-order valence-corrected chi connectivity index (χ4v) is 1.83. The van der Waals surface area contributed by atoms with E-state index in [9.17, 15) is 18.4 Å². The van der Waals surface area contributed by atoms with E-state index in [1.165, 1.54) is 29.0 Å². The molecule has 1 heterocycles. The van der Waals surface area contributed by atoms with Crippen LogP contribution in [0.2, 0.25) is 0 Å². The van der Waals surface area contributed by atoms with Crippen molar-refractivity contribution in [3.05, 3.63) is 59.4 Å². The van der Waals surface area contributed by atoms with Crippen molar-refractivity contribution in [2.45, 2.75) is 13.1 Å². The Balaban J connectivity index is 2.05. The van der Waals surface area contributed by atoms with Gasteiger partial charge in [-0.25, -0.2) is 8.78 Å². The van der Waals surface area contributed by atoms with Crippen LogP contribution in [-0.2, 0) is 17.9 Å². The first-order valence-corrected chi connectivity index (χ1v) is 6.06. The second-order valence-electron chi connectivity index (χ2n) is 4.33. The highest BCUT2D eigenvalue weighted by Crippen LogP contribution is 2.10. The highest BCUT2D eigenvalue weighted by atomic mass is 19.1. The maximum Gasteiger partial charge on any atom is 0.323 e. The summed E-state index contributed by atoms with van der Waals surface area (Å²) >= 11 is 0. The average molecular weight is 294 g/mol. The Hall–Kier alpha value is -2.70. The average Bonchev–Trinajstić information content (AvgIpc) is 2.84. The van der Waals surface area contributed by atoms with Gasteiger partial charge in [-0.2, -0.15) is 0 Å². The predicted octanol–water partition coefficient (Wildman–Crippen LogP) is 1.78. The zero-order valence-electron chi connectivity index (χ0n) is 10.8. The molecule has 0 spiro atoms. The van der Waals surface area contributed by atoms with Crippen molar-refractivity contribution in [1.29, 1.82) is 0 Å². The summed E-state index contributed by atoms with van der Waals surface area (Å²) in [6.45, 7) is -0.468. The van der Waals surface area contributed by atoms with Gasteiger partial charge in [-0.15, -0.1) is 0 Å². The quantitative estimate of drug-likeness (QED) is 0.883. The van der Waals surface area contributed by atoms with Crippen molar-refractivity contribution in [3.8, 4) is 0 Å². The molecule has 0 radical (unpaired) electrons. The van der Waals surface area contributed by atoms with Gasteiger partial charge < -0.3 is 15.0 Å². The number of rotatable bonds is 5. The van der Waals surface area contributed by atoms with Crippen molar-refractivity contribution in [1.82, 2.24) is 9.88 Å². The first-order chi connectivity index (χ1) is 9.97. The number of carboxylic acids is 1. The monoisotopic (exact) mass is 294 g/mol. The highest BCUT2D eigenvalue weighted by Gasteiger charge is 2.13. The number of nitrogens with one attached hydrogen (secondary N) is 1. The number of carbonyl (C=O) groups is 2. The summed E-state index contributed by atoms with van der Waals surface area (Å²) in [5, 5.41) is 11.2. The van der Waals surface area contributed by atoms with Gasteiger partial charge in [-0.3, -0.25) is 9.59 Å². The van der Waals surface area contributed by atoms with Crippen molar-refractivity contribution in [2.24, 2.45) is 0 Å². The molecule has 0 aliphatic heterocycles. The molecule has 21 heavy (non-hydrogen) atoms. The van der Waals surface area contributed by atoms with E-state index in [0.717, 1.165) is 12.1 Å². The number of aromatic nitrogens is 1. The molecule has 0 bridgehead atoms. The maximum absolute atomic E-state index is 13.4. The Morgan fingerprint density at radius 2 is 2.00 bits per heavy atom. The predicted molar refractivity (Wildman–Crippen MR) is 69.6 cm³/mol. The number of amides is 1. The lowest BCUT2D eigenvalue weighted by Gasteiger charge is -2.08. The van der Waals surface area contributed by atoms with Crippen LogP contribution in [0.25, 0.3) is 0 Å². The fraction of sp³-hybridized carbons (Fsp3) is 0.143. The zero-order valence-corrected chi connectivity index (χ0v) is 10.8. The largest absolute Gasteiger partial charge is 0.480 e. The minimum Gasteiger partial charge on any atom is -0.480 e.